The standard InChI is InChI=1S/C26H32ClN7O4/c1-31(2)22(35)15-38-21-13-17-12-18(6-7-20(17)33(5)25(21)37)29-23-19(27)14-28-26(30-23)34-10-8-16(9-11-34)24(36)32(3)4/h6-7,12-14,16H,8-11,15H2,1-5H3,(H,28,29,30). The second-order valence-electron chi connectivity index (χ2n) is 9.71. The molecule has 2 aromatic heterocycles. The van der Waals surface area contributed by atoms with Gasteiger partial charge in [-0.3, -0.25) is 14.4 Å². The zero-order valence-corrected chi connectivity index (χ0v) is 22.9. The van der Waals surface area contributed by atoms with E-state index in [1.807, 2.05) is 18.2 Å². The molecule has 4 rings (SSSR count). The highest BCUT2D eigenvalue weighted by atomic mass is 35.5. The normalized spacial score (nSPS) is 13.9. The number of halogens is 1. The Bertz CT molecular complexity index is 1410. The molecule has 3 aromatic rings. The van der Waals surface area contributed by atoms with E-state index >= 15 is 0 Å². The molecule has 0 atom stereocenters. The average molecular weight is 542 g/mol. The number of aromatic nitrogens is 3. The molecule has 12 heteroatoms. The Morgan fingerprint density at radius 3 is 2.50 bits per heavy atom. The number of carbonyl (C=O) groups excluding carboxylic acids is 2. The van der Waals surface area contributed by atoms with Crippen LogP contribution in [0.15, 0.2) is 35.3 Å². The summed E-state index contributed by atoms with van der Waals surface area (Å²) in [4.78, 5) is 51.1. The van der Waals surface area contributed by atoms with Crippen LogP contribution < -0.4 is 20.5 Å². The number of hydrogen-bond acceptors (Lipinski definition) is 8. The lowest BCUT2D eigenvalue weighted by Gasteiger charge is -2.32. The van der Waals surface area contributed by atoms with Crippen LogP contribution in [0.3, 0.4) is 0 Å². The van der Waals surface area contributed by atoms with Crippen molar-refractivity contribution in [3.05, 3.63) is 45.8 Å². The highest BCUT2D eigenvalue weighted by Gasteiger charge is 2.27. The number of nitrogens with zero attached hydrogens (tertiary/aromatic N) is 6. The predicted octanol–water partition coefficient (Wildman–Crippen LogP) is 2.50. The third-order valence-corrected chi connectivity index (χ3v) is 6.88. The van der Waals surface area contributed by atoms with Crippen molar-refractivity contribution in [1.29, 1.82) is 0 Å². The first kappa shape index (κ1) is 27.2. The summed E-state index contributed by atoms with van der Waals surface area (Å²) in [6.45, 7) is 1.12. The first-order valence-electron chi connectivity index (χ1n) is 12.3. The summed E-state index contributed by atoms with van der Waals surface area (Å²) in [6.07, 6.45) is 3.03. The highest BCUT2D eigenvalue weighted by molar-refractivity contribution is 6.32. The minimum absolute atomic E-state index is 0.00887. The Morgan fingerprint density at radius 2 is 1.84 bits per heavy atom. The summed E-state index contributed by atoms with van der Waals surface area (Å²) >= 11 is 6.41. The third-order valence-electron chi connectivity index (χ3n) is 6.60. The summed E-state index contributed by atoms with van der Waals surface area (Å²) in [5.74, 6) is 0.985. The topological polar surface area (TPSA) is 113 Å². The van der Waals surface area contributed by atoms with E-state index in [1.165, 1.54) is 9.47 Å². The molecule has 11 nitrogen and oxygen atoms in total. The van der Waals surface area contributed by atoms with E-state index in [-0.39, 0.29) is 35.6 Å². The molecule has 0 saturated carbocycles. The van der Waals surface area contributed by atoms with Crippen molar-refractivity contribution in [2.45, 2.75) is 12.8 Å². The summed E-state index contributed by atoms with van der Waals surface area (Å²) in [5.41, 5.74) is 1.08. The smallest absolute Gasteiger partial charge is 0.293 e. The number of amides is 2. The molecule has 0 spiro atoms. The number of piperidine rings is 1. The number of anilines is 3. The number of ether oxygens (including phenoxy) is 1. The van der Waals surface area contributed by atoms with E-state index in [1.54, 1.807) is 52.4 Å². The van der Waals surface area contributed by atoms with Crippen molar-refractivity contribution in [2.75, 3.05) is 58.1 Å². The van der Waals surface area contributed by atoms with Gasteiger partial charge in [-0.1, -0.05) is 11.6 Å². The first-order chi connectivity index (χ1) is 18.0. The number of carbonyl (C=O) groups is 2. The molecule has 1 aliphatic heterocycles. The van der Waals surface area contributed by atoms with Gasteiger partial charge in [0.05, 0.1) is 11.7 Å². The Labute approximate surface area is 226 Å². The van der Waals surface area contributed by atoms with Gasteiger partial charge >= 0.3 is 0 Å². The summed E-state index contributed by atoms with van der Waals surface area (Å²) in [6, 6.07) is 7.12. The first-order valence-corrected chi connectivity index (χ1v) is 12.7. The number of hydrogen-bond donors (Lipinski definition) is 1. The third kappa shape index (κ3) is 5.83. The fraction of sp³-hybridized carbons (Fsp3) is 0.423. The molecule has 1 fully saturated rings. The van der Waals surface area contributed by atoms with Crippen LogP contribution in [-0.2, 0) is 16.6 Å². The number of likely N-dealkylation sites (N-methyl/N-ethyl adjacent to an activating group) is 1. The molecular weight excluding hydrogens is 510 g/mol. The van der Waals surface area contributed by atoms with E-state index in [2.05, 4.69) is 20.2 Å². The molecule has 3 heterocycles. The van der Waals surface area contributed by atoms with Crippen LogP contribution in [0.2, 0.25) is 5.02 Å². The molecule has 202 valence electrons. The van der Waals surface area contributed by atoms with Crippen molar-refractivity contribution in [3.63, 3.8) is 0 Å². The van der Waals surface area contributed by atoms with Crippen LogP contribution >= 0.6 is 11.6 Å². The second kappa shape index (κ2) is 11.3. The molecule has 0 aliphatic carbocycles. The van der Waals surface area contributed by atoms with Crippen LogP contribution in [0.5, 0.6) is 5.75 Å². The zero-order chi connectivity index (χ0) is 27.6. The van der Waals surface area contributed by atoms with Crippen LogP contribution in [0.4, 0.5) is 17.5 Å². The van der Waals surface area contributed by atoms with Gasteiger partial charge in [0, 0.05) is 65.3 Å². The lowest BCUT2D eigenvalue weighted by atomic mass is 9.96. The lowest BCUT2D eigenvalue weighted by molar-refractivity contribution is -0.133. The van der Waals surface area contributed by atoms with Crippen LogP contribution in [0.25, 0.3) is 10.9 Å². The summed E-state index contributed by atoms with van der Waals surface area (Å²) in [7, 11) is 8.46. The second-order valence-corrected chi connectivity index (χ2v) is 10.1. The minimum atomic E-state index is -0.329. The molecule has 1 aliphatic rings. The average Bonchev–Trinajstić information content (AvgIpc) is 2.90. The van der Waals surface area contributed by atoms with Crippen molar-refractivity contribution in [2.24, 2.45) is 13.0 Å². The maximum Gasteiger partial charge on any atom is 0.293 e. The van der Waals surface area contributed by atoms with Crippen molar-refractivity contribution < 1.29 is 14.3 Å². The Kier molecular flexibility index (Phi) is 8.05. The number of nitrogens with one attached hydrogen (secondary N) is 1. The van der Waals surface area contributed by atoms with E-state index in [9.17, 15) is 14.4 Å². The van der Waals surface area contributed by atoms with Crippen LogP contribution in [-0.4, -0.2) is 84.0 Å². The minimum Gasteiger partial charge on any atom is -0.478 e. The molecule has 0 radical (unpaired) electrons. The fourth-order valence-electron chi connectivity index (χ4n) is 4.33. The van der Waals surface area contributed by atoms with E-state index in [0.717, 1.165) is 18.2 Å². The number of benzene rings is 1. The molecule has 2 amide bonds. The Hall–Kier alpha value is -3.86. The van der Waals surface area contributed by atoms with Crippen molar-refractivity contribution in [1.82, 2.24) is 24.3 Å². The van der Waals surface area contributed by atoms with Gasteiger partial charge < -0.3 is 29.3 Å². The highest BCUT2D eigenvalue weighted by Crippen LogP contribution is 2.29. The molecule has 38 heavy (non-hydrogen) atoms. The molecule has 1 N–H and O–H groups in total. The lowest BCUT2D eigenvalue weighted by Crippen LogP contribution is -2.40. The van der Waals surface area contributed by atoms with Gasteiger partial charge in [0.15, 0.2) is 18.2 Å². The largest absolute Gasteiger partial charge is 0.478 e. The van der Waals surface area contributed by atoms with Gasteiger partial charge in [0.25, 0.3) is 11.5 Å². The Balaban J connectivity index is 1.54. The number of rotatable bonds is 7. The molecule has 0 unspecified atom stereocenters. The maximum absolute atomic E-state index is 12.7. The Morgan fingerprint density at radius 1 is 1.13 bits per heavy atom. The predicted molar refractivity (Wildman–Crippen MR) is 147 cm³/mol. The van der Waals surface area contributed by atoms with Gasteiger partial charge in [0.1, 0.15) is 5.02 Å². The van der Waals surface area contributed by atoms with Crippen molar-refractivity contribution in [3.8, 4) is 5.75 Å². The fourth-order valence-corrected chi connectivity index (χ4v) is 4.47. The zero-order valence-electron chi connectivity index (χ0n) is 22.2. The number of aryl methyl sites for hydroxylation is 1. The molecule has 1 aromatic carbocycles. The van der Waals surface area contributed by atoms with Crippen LogP contribution in [0.1, 0.15) is 12.8 Å². The van der Waals surface area contributed by atoms with E-state index in [0.29, 0.717) is 41.1 Å². The summed E-state index contributed by atoms with van der Waals surface area (Å²) < 4.78 is 7.01. The maximum atomic E-state index is 12.7. The molecular formula is C26H32ClN7O4. The molecule has 0 bridgehead atoms. The van der Waals surface area contributed by atoms with Gasteiger partial charge in [0.2, 0.25) is 11.9 Å². The van der Waals surface area contributed by atoms with Gasteiger partial charge in [-0.25, -0.2) is 4.98 Å². The van der Waals surface area contributed by atoms with Gasteiger partial charge in [-0.15, -0.1) is 0 Å². The SMILES string of the molecule is CN(C)C(=O)COc1cc2cc(Nc3nc(N4CCC(C(=O)N(C)C)CC4)ncc3Cl)ccc2n(C)c1=O. The van der Waals surface area contributed by atoms with Gasteiger partial charge in [-0.05, 0) is 37.1 Å². The van der Waals surface area contributed by atoms with Crippen molar-refractivity contribution >= 4 is 51.8 Å². The van der Waals surface area contributed by atoms with E-state index in [4.69, 9.17) is 16.3 Å². The number of fused-ring (bicyclic) bond motifs is 1. The summed E-state index contributed by atoms with van der Waals surface area (Å²) in [5, 5.41) is 4.34. The number of pyridine rings is 1. The van der Waals surface area contributed by atoms with Gasteiger partial charge in [-0.2, -0.15) is 4.98 Å². The monoisotopic (exact) mass is 541 g/mol. The van der Waals surface area contributed by atoms with Crippen LogP contribution in [0, 0.1) is 5.92 Å². The van der Waals surface area contributed by atoms with E-state index < -0.39 is 0 Å². The quantitative estimate of drug-likeness (QED) is 0.485. The molecule has 1 saturated heterocycles.